The summed E-state index contributed by atoms with van der Waals surface area (Å²) >= 11 is 0. The van der Waals surface area contributed by atoms with Gasteiger partial charge in [-0.2, -0.15) is 0 Å². The van der Waals surface area contributed by atoms with Gasteiger partial charge in [-0.1, -0.05) is 6.42 Å². The lowest BCUT2D eigenvalue weighted by Gasteiger charge is -2.29. The highest BCUT2D eigenvalue weighted by Gasteiger charge is 2.26. The highest BCUT2D eigenvalue weighted by atomic mass is 35.5. The molecule has 0 bridgehead atoms. The molecule has 2 N–H and O–H groups in total. The van der Waals surface area contributed by atoms with E-state index in [0.717, 1.165) is 25.9 Å². The van der Waals surface area contributed by atoms with Gasteiger partial charge in [0.05, 0.1) is 0 Å². The van der Waals surface area contributed by atoms with E-state index in [4.69, 9.17) is 9.84 Å². The smallest absolute Gasteiger partial charge is 0.408 e. The molecule has 1 aliphatic rings. The van der Waals surface area contributed by atoms with Crippen LogP contribution in [0.5, 0.6) is 0 Å². The first-order valence-corrected chi connectivity index (χ1v) is 6.72. The zero-order chi connectivity index (χ0) is 14.5. The lowest BCUT2D eigenvalue weighted by atomic mass is 10.1. The number of nitrogens with zero attached hydrogens (tertiary/aromatic N) is 1. The SMILES string of the molecule is CC(C)(C)OC(=O)N[C@@H](CN1CCCCC1)C(=O)O.Cl. The van der Waals surface area contributed by atoms with Gasteiger partial charge >= 0.3 is 12.1 Å². The van der Waals surface area contributed by atoms with Crippen LogP contribution >= 0.6 is 12.4 Å². The lowest BCUT2D eigenvalue weighted by Crippen LogP contribution is -2.50. The second kappa shape index (κ2) is 8.32. The van der Waals surface area contributed by atoms with Crippen LogP contribution in [-0.2, 0) is 9.53 Å². The van der Waals surface area contributed by atoms with Gasteiger partial charge < -0.3 is 20.1 Å². The summed E-state index contributed by atoms with van der Waals surface area (Å²) in [4.78, 5) is 24.8. The van der Waals surface area contributed by atoms with Gasteiger partial charge in [0, 0.05) is 6.54 Å². The number of carboxylic acids is 1. The quantitative estimate of drug-likeness (QED) is 0.829. The van der Waals surface area contributed by atoms with E-state index in [1.807, 2.05) is 0 Å². The molecule has 6 nitrogen and oxygen atoms in total. The van der Waals surface area contributed by atoms with Gasteiger partial charge in [-0.25, -0.2) is 9.59 Å². The van der Waals surface area contributed by atoms with Crippen LogP contribution in [-0.4, -0.2) is 53.3 Å². The van der Waals surface area contributed by atoms with E-state index >= 15 is 0 Å². The number of halogens is 1. The number of aliphatic carboxylic acids is 1. The Balaban J connectivity index is 0.00000361. The average molecular weight is 309 g/mol. The predicted molar refractivity (Wildman–Crippen MR) is 78.3 cm³/mol. The molecule has 1 rings (SSSR count). The Morgan fingerprint density at radius 2 is 1.80 bits per heavy atom. The van der Waals surface area contributed by atoms with Crippen molar-refractivity contribution in [2.75, 3.05) is 19.6 Å². The van der Waals surface area contributed by atoms with Crippen molar-refractivity contribution in [1.29, 1.82) is 0 Å². The third-order valence-corrected chi connectivity index (χ3v) is 2.88. The molecule has 0 saturated carbocycles. The van der Waals surface area contributed by atoms with Crippen LogP contribution in [0.25, 0.3) is 0 Å². The number of carbonyl (C=O) groups is 2. The van der Waals surface area contributed by atoms with E-state index < -0.39 is 23.7 Å². The normalized spacial score (nSPS) is 17.8. The number of likely N-dealkylation sites (tertiary alicyclic amines) is 1. The highest BCUT2D eigenvalue weighted by molar-refractivity contribution is 5.85. The van der Waals surface area contributed by atoms with E-state index in [2.05, 4.69) is 10.2 Å². The van der Waals surface area contributed by atoms with Gasteiger partial charge in [-0.15, -0.1) is 12.4 Å². The van der Waals surface area contributed by atoms with E-state index in [-0.39, 0.29) is 12.4 Å². The molecule has 1 fully saturated rings. The molecule has 1 aliphatic heterocycles. The van der Waals surface area contributed by atoms with E-state index in [1.54, 1.807) is 20.8 Å². The van der Waals surface area contributed by atoms with Crippen molar-refractivity contribution in [2.45, 2.75) is 51.7 Å². The van der Waals surface area contributed by atoms with Crippen molar-refractivity contribution in [3.8, 4) is 0 Å². The molecule has 7 heteroatoms. The summed E-state index contributed by atoms with van der Waals surface area (Å²) in [6.45, 7) is 7.33. The van der Waals surface area contributed by atoms with Crippen molar-refractivity contribution >= 4 is 24.5 Å². The number of alkyl carbamates (subject to hydrolysis) is 1. The second-order valence-corrected chi connectivity index (χ2v) is 5.90. The fourth-order valence-electron chi connectivity index (χ4n) is 2.04. The molecule has 1 heterocycles. The molecule has 1 atom stereocenters. The van der Waals surface area contributed by atoms with E-state index in [0.29, 0.717) is 6.54 Å². The van der Waals surface area contributed by atoms with Crippen LogP contribution in [0.2, 0.25) is 0 Å². The zero-order valence-corrected chi connectivity index (χ0v) is 13.2. The Bertz CT molecular complexity index is 325. The summed E-state index contributed by atoms with van der Waals surface area (Å²) in [6, 6.07) is -0.923. The van der Waals surface area contributed by atoms with Crippen molar-refractivity contribution in [3.05, 3.63) is 0 Å². The maximum atomic E-state index is 11.6. The summed E-state index contributed by atoms with van der Waals surface area (Å²) < 4.78 is 5.08. The monoisotopic (exact) mass is 308 g/mol. The minimum atomic E-state index is -1.03. The van der Waals surface area contributed by atoms with Gasteiger partial charge in [0.15, 0.2) is 0 Å². The number of hydrogen-bond donors (Lipinski definition) is 2. The number of ether oxygens (including phenoxy) is 1. The van der Waals surface area contributed by atoms with Crippen LogP contribution in [0.15, 0.2) is 0 Å². The number of carboxylic acid groups (broad SMARTS) is 1. The maximum absolute atomic E-state index is 11.6. The Labute approximate surface area is 126 Å². The Morgan fingerprint density at radius 3 is 2.25 bits per heavy atom. The first kappa shape index (κ1) is 19.0. The zero-order valence-electron chi connectivity index (χ0n) is 12.3. The summed E-state index contributed by atoms with van der Waals surface area (Å²) in [5.74, 6) is -1.03. The average Bonchev–Trinajstić information content (AvgIpc) is 2.26. The van der Waals surface area contributed by atoms with Crippen LogP contribution < -0.4 is 5.32 Å². The summed E-state index contributed by atoms with van der Waals surface area (Å²) in [5.41, 5.74) is -0.627. The molecule has 0 unspecified atom stereocenters. The van der Waals surface area contributed by atoms with Crippen molar-refractivity contribution in [2.24, 2.45) is 0 Å². The minimum absolute atomic E-state index is 0. The van der Waals surface area contributed by atoms with Crippen LogP contribution in [0.4, 0.5) is 4.79 Å². The number of carbonyl (C=O) groups excluding carboxylic acids is 1. The molecular formula is C13H25ClN2O4. The number of hydrogen-bond acceptors (Lipinski definition) is 4. The van der Waals surface area contributed by atoms with Crippen LogP contribution in [0, 0.1) is 0 Å². The first-order valence-electron chi connectivity index (χ1n) is 6.72. The van der Waals surface area contributed by atoms with Crippen LogP contribution in [0.1, 0.15) is 40.0 Å². The molecule has 1 amide bonds. The summed E-state index contributed by atoms with van der Waals surface area (Å²) in [7, 11) is 0. The van der Waals surface area contributed by atoms with E-state index in [1.165, 1.54) is 6.42 Å². The molecule has 0 radical (unpaired) electrons. The minimum Gasteiger partial charge on any atom is -0.480 e. The molecule has 0 spiro atoms. The fourth-order valence-corrected chi connectivity index (χ4v) is 2.04. The van der Waals surface area contributed by atoms with Crippen LogP contribution in [0.3, 0.4) is 0 Å². The van der Waals surface area contributed by atoms with Gasteiger partial charge in [-0.05, 0) is 46.7 Å². The molecule has 0 aromatic carbocycles. The molecule has 0 aromatic heterocycles. The molecule has 118 valence electrons. The number of nitrogens with one attached hydrogen (secondary N) is 1. The Hall–Kier alpha value is -1.01. The molecule has 1 saturated heterocycles. The van der Waals surface area contributed by atoms with Gasteiger partial charge in [0.25, 0.3) is 0 Å². The third kappa shape index (κ3) is 7.55. The van der Waals surface area contributed by atoms with Gasteiger partial charge in [0.2, 0.25) is 0 Å². The van der Waals surface area contributed by atoms with Gasteiger partial charge in [0.1, 0.15) is 11.6 Å². The first-order chi connectivity index (χ1) is 8.78. The Morgan fingerprint density at radius 1 is 1.25 bits per heavy atom. The Kier molecular flexibility index (Phi) is 7.90. The third-order valence-electron chi connectivity index (χ3n) is 2.88. The second-order valence-electron chi connectivity index (χ2n) is 5.90. The van der Waals surface area contributed by atoms with Crippen molar-refractivity contribution in [1.82, 2.24) is 10.2 Å². The molecular weight excluding hydrogens is 284 g/mol. The number of piperidine rings is 1. The molecule has 0 aliphatic carbocycles. The predicted octanol–water partition coefficient (Wildman–Crippen LogP) is 1.87. The standard InChI is InChI=1S/C13H24N2O4.ClH/c1-13(2,3)19-12(18)14-10(11(16)17)9-15-7-5-4-6-8-15;/h10H,4-9H2,1-3H3,(H,14,18)(H,16,17);1H/t10-;/m0./s1. The molecule has 0 aromatic rings. The van der Waals surface area contributed by atoms with Gasteiger partial charge in [-0.3, -0.25) is 0 Å². The fraction of sp³-hybridized carbons (Fsp3) is 0.846. The largest absolute Gasteiger partial charge is 0.480 e. The number of rotatable bonds is 4. The lowest BCUT2D eigenvalue weighted by molar-refractivity contribution is -0.140. The van der Waals surface area contributed by atoms with Crippen molar-refractivity contribution in [3.63, 3.8) is 0 Å². The van der Waals surface area contributed by atoms with Crippen molar-refractivity contribution < 1.29 is 19.4 Å². The maximum Gasteiger partial charge on any atom is 0.408 e. The van der Waals surface area contributed by atoms with E-state index in [9.17, 15) is 9.59 Å². The topological polar surface area (TPSA) is 78.9 Å². The molecule has 20 heavy (non-hydrogen) atoms. The summed E-state index contributed by atoms with van der Waals surface area (Å²) in [5, 5.41) is 11.6. The number of amides is 1. The summed E-state index contributed by atoms with van der Waals surface area (Å²) in [6.07, 6.45) is 2.67. The highest BCUT2D eigenvalue weighted by Crippen LogP contribution is 2.10.